The molecule has 2 rings (SSSR count). The van der Waals surface area contributed by atoms with Crippen molar-refractivity contribution < 1.29 is 4.74 Å². The number of nitrogens with zero attached hydrogens (tertiary/aromatic N) is 2. The number of hydrogen-bond donors (Lipinski definition) is 0. The third-order valence-corrected chi connectivity index (χ3v) is 4.17. The second-order valence-electron chi connectivity index (χ2n) is 4.91. The van der Waals surface area contributed by atoms with Crippen molar-refractivity contribution in [3.8, 4) is 0 Å². The second kappa shape index (κ2) is 5.40. The van der Waals surface area contributed by atoms with Crippen LogP contribution in [0.5, 0.6) is 0 Å². The predicted octanol–water partition coefficient (Wildman–Crippen LogP) is 2.65. The maximum Gasteiger partial charge on any atom is 0.0624 e. The highest BCUT2D eigenvalue weighted by Crippen LogP contribution is 2.34. The second-order valence-corrected chi connectivity index (χ2v) is 5.18. The molecule has 0 N–H and O–H groups in total. The average molecular weight is 257 g/mol. The Kier molecular flexibility index (Phi) is 4.10. The lowest BCUT2D eigenvalue weighted by atomic mass is 9.84. The van der Waals surface area contributed by atoms with E-state index in [0.717, 1.165) is 39.0 Å². The van der Waals surface area contributed by atoms with E-state index in [1.165, 1.54) is 11.4 Å². The molecule has 0 radical (unpaired) electrons. The number of aryl methyl sites for hydroxylation is 2. The van der Waals surface area contributed by atoms with Crippen LogP contribution in [0.3, 0.4) is 0 Å². The van der Waals surface area contributed by atoms with Gasteiger partial charge in [0.05, 0.1) is 12.3 Å². The highest BCUT2D eigenvalue weighted by molar-refractivity contribution is 6.18. The minimum absolute atomic E-state index is 0.125. The molecular formula is C13H21ClN2O. The van der Waals surface area contributed by atoms with E-state index in [1.807, 2.05) is 0 Å². The molecule has 1 aromatic rings. The lowest BCUT2D eigenvalue weighted by Crippen LogP contribution is -2.27. The molecule has 1 atom stereocenters. The summed E-state index contributed by atoms with van der Waals surface area (Å²) >= 11 is 6.14. The highest BCUT2D eigenvalue weighted by Gasteiger charge is 2.35. The van der Waals surface area contributed by atoms with E-state index in [1.54, 1.807) is 0 Å². The maximum absolute atomic E-state index is 6.14. The molecule has 1 fully saturated rings. The summed E-state index contributed by atoms with van der Waals surface area (Å²) in [6, 6.07) is 2.22. The van der Waals surface area contributed by atoms with E-state index in [9.17, 15) is 0 Å². The van der Waals surface area contributed by atoms with Gasteiger partial charge in [0.15, 0.2) is 0 Å². The quantitative estimate of drug-likeness (QED) is 0.758. The molecule has 1 unspecified atom stereocenters. The van der Waals surface area contributed by atoms with E-state index in [-0.39, 0.29) is 5.41 Å². The van der Waals surface area contributed by atoms with Gasteiger partial charge in [0, 0.05) is 30.1 Å². The molecule has 0 bridgehead atoms. The largest absolute Gasteiger partial charge is 0.381 e. The molecule has 1 aliphatic heterocycles. The zero-order valence-electron chi connectivity index (χ0n) is 10.7. The monoisotopic (exact) mass is 256 g/mol. The summed E-state index contributed by atoms with van der Waals surface area (Å²) in [5, 5.41) is 4.59. The molecule has 3 nitrogen and oxygen atoms in total. The van der Waals surface area contributed by atoms with E-state index in [2.05, 4.69) is 29.7 Å². The molecule has 1 aromatic heterocycles. The van der Waals surface area contributed by atoms with Crippen molar-refractivity contribution in [2.45, 2.75) is 39.7 Å². The Morgan fingerprint density at radius 3 is 2.88 bits per heavy atom. The van der Waals surface area contributed by atoms with Gasteiger partial charge >= 0.3 is 0 Å². The van der Waals surface area contributed by atoms with Crippen molar-refractivity contribution in [1.82, 2.24) is 9.78 Å². The Hall–Kier alpha value is -0.540. The summed E-state index contributed by atoms with van der Waals surface area (Å²) in [4.78, 5) is 0. The van der Waals surface area contributed by atoms with Crippen LogP contribution in [0.15, 0.2) is 6.07 Å². The third kappa shape index (κ3) is 2.66. The van der Waals surface area contributed by atoms with Gasteiger partial charge in [-0.1, -0.05) is 6.92 Å². The molecule has 1 saturated heterocycles. The first-order valence-electron chi connectivity index (χ1n) is 6.42. The van der Waals surface area contributed by atoms with Crippen molar-refractivity contribution in [1.29, 1.82) is 0 Å². The van der Waals surface area contributed by atoms with E-state index in [0.29, 0.717) is 5.88 Å². The summed E-state index contributed by atoms with van der Waals surface area (Å²) in [6.07, 6.45) is 3.04. The topological polar surface area (TPSA) is 27.1 Å². The molecule has 2 heterocycles. The van der Waals surface area contributed by atoms with Crippen molar-refractivity contribution >= 4 is 11.6 Å². The smallest absolute Gasteiger partial charge is 0.0624 e. The molecule has 96 valence electrons. The summed E-state index contributed by atoms with van der Waals surface area (Å²) in [5.74, 6) is 0.670. The minimum atomic E-state index is 0.125. The fourth-order valence-corrected chi connectivity index (χ4v) is 2.73. The molecule has 17 heavy (non-hydrogen) atoms. The number of hydrogen-bond acceptors (Lipinski definition) is 2. The number of rotatable bonds is 5. The van der Waals surface area contributed by atoms with Crippen LogP contribution in [0.2, 0.25) is 0 Å². The van der Waals surface area contributed by atoms with Gasteiger partial charge in [-0.05, 0) is 32.3 Å². The molecule has 4 heteroatoms. The Morgan fingerprint density at radius 1 is 1.53 bits per heavy atom. The summed E-state index contributed by atoms with van der Waals surface area (Å²) in [5.41, 5.74) is 2.60. The van der Waals surface area contributed by atoms with Crippen molar-refractivity contribution in [2.24, 2.45) is 5.41 Å². The zero-order valence-corrected chi connectivity index (χ0v) is 11.5. The van der Waals surface area contributed by atoms with Crippen LogP contribution in [0.25, 0.3) is 0 Å². The highest BCUT2D eigenvalue weighted by atomic mass is 35.5. The van der Waals surface area contributed by atoms with Crippen LogP contribution in [0.4, 0.5) is 0 Å². The van der Waals surface area contributed by atoms with E-state index >= 15 is 0 Å². The average Bonchev–Trinajstić information content (AvgIpc) is 2.97. The van der Waals surface area contributed by atoms with E-state index < -0.39 is 0 Å². The summed E-state index contributed by atoms with van der Waals surface area (Å²) in [7, 11) is 0. The Balaban J connectivity index is 2.18. The Morgan fingerprint density at radius 2 is 2.35 bits per heavy atom. The number of alkyl halides is 1. The summed E-state index contributed by atoms with van der Waals surface area (Å²) < 4.78 is 7.62. The molecule has 0 aromatic carbocycles. The van der Waals surface area contributed by atoms with Crippen molar-refractivity contribution in [3.63, 3.8) is 0 Å². The molecule has 0 saturated carbocycles. The van der Waals surface area contributed by atoms with Gasteiger partial charge < -0.3 is 4.74 Å². The van der Waals surface area contributed by atoms with Crippen LogP contribution >= 0.6 is 11.6 Å². The molecule has 0 spiro atoms. The summed E-state index contributed by atoms with van der Waals surface area (Å²) in [6.45, 7) is 6.82. The Labute approximate surface area is 108 Å². The standard InChI is InChI=1S/C13H21ClN2O/c1-3-11-7-12(16(4-2)15-11)8-13(9-14)5-6-17-10-13/h7H,3-6,8-10H2,1-2H3. The number of halogens is 1. The normalized spacial score (nSPS) is 24.4. The van der Waals surface area contributed by atoms with Gasteiger partial charge in [-0.15, -0.1) is 11.6 Å². The van der Waals surface area contributed by atoms with Crippen molar-refractivity contribution in [2.75, 3.05) is 19.1 Å². The van der Waals surface area contributed by atoms with Crippen LogP contribution in [-0.4, -0.2) is 28.9 Å². The van der Waals surface area contributed by atoms with Crippen molar-refractivity contribution in [3.05, 3.63) is 17.5 Å². The number of ether oxygens (including phenoxy) is 1. The first kappa shape index (κ1) is 12.9. The molecule has 0 amide bonds. The van der Waals surface area contributed by atoms with E-state index in [4.69, 9.17) is 16.3 Å². The third-order valence-electron chi connectivity index (χ3n) is 3.60. The first-order valence-corrected chi connectivity index (χ1v) is 6.96. The van der Waals surface area contributed by atoms with Gasteiger partial charge in [-0.25, -0.2) is 0 Å². The van der Waals surface area contributed by atoms with Crippen LogP contribution in [-0.2, 0) is 24.1 Å². The van der Waals surface area contributed by atoms with Crippen LogP contribution < -0.4 is 0 Å². The van der Waals surface area contributed by atoms with Crippen LogP contribution in [0.1, 0.15) is 31.7 Å². The lowest BCUT2D eigenvalue weighted by molar-refractivity contribution is 0.160. The Bertz CT molecular complexity index is 369. The fourth-order valence-electron chi connectivity index (χ4n) is 2.43. The molecule has 0 aliphatic carbocycles. The minimum Gasteiger partial charge on any atom is -0.381 e. The predicted molar refractivity (Wildman–Crippen MR) is 69.6 cm³/mol. The maximum atomic E-state index is 6.14. The SMILES string of the molecule is CCc1cc(CC2(CCl)CCOC2)n(CC)n1. The van der Waals surface area contributed by atoms with Gasteiger partial charge in [0.2, 0.25) is 0 Å². The first-order chi connectivity index (χ1) is 8.23. The van der Waals surface area contributed by atoms with Gasteiger partial charge in [-0.2, -0.15) is 5.10 Å². The zero-order chi connectivity index (χ0) is 12.3. The lowest BCUT2D eigenvalue weighted by Gasteiger charge is -2.24. The van der Waals surface area contributed by atoms with Crippen LogP contribution in [0, 0.1) is 5.41 Å². The molecular weight excluding hydrogens is 236 g/mol. The fraction of sp³-hybridized carbons (Fsp3) is 0.769. The van der Waals surface area contributed by atoms with Gasteiger partial charge in [-0.3, -0.25) is 4.68 Å². The van der Waals surface area contributed by atoms with Gasteiger partial charge in [0.1, 0.15) is 0 Å². The number of aromatic nitrogens is 2. The molecule has 1 aliphatic rings. The van der Waals surface area contributed by atoms with Gasteiger partial charge in [0.25, 0.3) is 0 Å².